The summed E-state index contributed by atoms with van der Waals surface area (Å²) in [6.07, 6.45) is 3.30. The number of hydrogen-bond acceptors (Lipinski definition) is 3. The molecule has 1 aliphatic rings. The largest absolute Gasteiger partial charge is 0.394 e. The number of rotatable bonds is 4. The third kappa shape index (κ3) is 2.41. The first kappa shape index (κ1) is 12.3. The first-order valence-corrected chi connectivity index (χ1v) is 6.36. The van der Waals surface area contributed by atoms with E-state index in [0.29, 0.717) is 18.9 Å². The fourth-order valence-electron chi connectivity index (χ4n) is 2.48. The van der Waals surface area contributed by atoms with Crippen LogP contribution in [0, 0.1) is 5.92 Å². The first-order valence-electron chi connectivity index (χ1n) is 6.36. The minimum atomic E-state index is 0.0728. The predicted octanol–water partition coefficient (Wildman–Crippen LogP) is 1.59. The van der Waals surface area contributed by atoms with Crippen molar-refractivity contribution >= 4 is 5.78 Å². The molecule has 1 aromatic rings. The summed E-state index contributed by atoms with van der Waals surface area (Å²) in [6, 6.07) is 0. The second-order valence-corrected chi connectivity index (χ2v) is 5.09. The van der Waals surface area contributed by atoms with E-state index in [0.717, 1.165) is 36.2 Å². The van der Waals surface area contributed by atoms with Crippen LogP contribution in [0.25, 0.3) is 0 Å². The Hall–Kier alpha value is -1.16. The zero-order valence-corrected chi connectivity index (χ0v) is 10.6. The Labute approximate surface area is 102 Å². The zero-order valence-electron chi connectivity index (χ0n) is 10.6. The third-order valence-electron chi connectivity index (χ3n) is 3.14. The minimum Gasteiger partial charge on any atom is -0.394 e. The summed E-state index contributed by atoms with van der Waals surface area (Å²) in [5, 5.41) is 13.5. The van der Waals surface area contributed by atoms with Gasteiger partial charge in [-0.15, -0.1) is 0 Å². The molecule has 94 valence electrons. The standard InChI is InChI=1S/C13H20N2O2/c1-9(2)8-10-13-11(4-3-5-12(13)17)15(14-10)6-7-16/h9,16H,3-8H2,1-2H3. The van der Waals surface area contributed by atoms with Crippen LogP contribution in [0.1, 0.15) is 48.4 Å². The number of hydrogen-bond donors (Lipinski definition) is 1. The summed E-state index contributed by atoms with van der Waals surface area (Å²) in [5.41, 5.74) is 2.80. The summed E-state index contributed by atoms with van der Waals surface area (Å²) in [6.45, 7) is 4.83. The molecule has 0 amide bonds. The van der Waals surface area contributed by atoms with Gasteiger partial charge in [0.1, 0.15) is 0 Å². The zero-order chi connectivity index (χ0) is 12.4. The van der Waals surface area contributed by atoms with E-state index < -0.39 is 0 Å². The van der Waals surface area contributed by atoms with Crippen molar-refractivity contribution in [3.8, 4) is 0 Å². The number of aromatic nitrogens is 2. The van der Waals surface area contributed by atoms with Crippen LogP contribution in [-0.2, 0) is 19.4 Å². The van der Waals surface area contributed by atoms with Crippen molar-refractivity contribution in [2.24, 2.45) is 5.92 Å². The van der Waals surface area contributed by atoms with Gasteiger partial charge in [-0.25, -0.2) is 0 Å². The van der Waals surface area contributed by atoms with Crippen LogP contribution in [0.4, 0.5) is 0 Å². The van der Waals surface area contributed by atoms with Gasteiger partial charge in [-0.1, -0.05) is 13.8 Å². The van der Waals surface area contributed by atoms with Gasteiger partial charge >= 0.3 is 0 Å². The molecule has 17 heavy (non-hydrogen) atoms. The normalized spacial score (nSPS) is 15.4. The molecule has 0 saturated carbocycles. The van der Waals surface area contributed by atoms with Crippen LogP contribution in [-0.4, -0.2) is 27.3 Å². The molecule has 1 aliphatic carbocycles. The summed E-state index contributed by atoms with van der Waals surface area (Å²) >= 11 is 0. The molecule has 0 radical (unpaired) electrons. The van der Waals surface area contributed by atoms with Crippen LogP contribution in [0.5, 0.6) is 0 Å². The number of carbonyl (C=O) groups excluding carboxylic acids is 1. The van der Waals surface area contributed by atoms with Crippen LogP contribution in [0.3, 0.4) is 0 Å². The average molecular weight is 236 g/mol. The fourth-order valence-corrected chi connectivity index (χ4v) is 2.48. The van der Waals surface area contributed by atoms with Gasteiger partial charge in [0.2, 0.25) is 0 Å². The van der Waals surface area contributed by atoms with Crippen LogP contribution >= 0.6 is 0 Å². The number of carbonyl (C=O) groups is 1. The van der Waals surface area contributed by atoms with E-state index in [1.54, 1.807) is 0 Å². The van der Waals surface area contributed by atoms with Crippen LogP contribution in [0.15, 0.2) is 0 Å². The van der Waals surface area contributed by atoms with Gasteiger partial charge in [-0.2, -0.15) is 5.10 Å². The second kappa shape index (κ2) is 5.00. The quantitative estimate of drug-likeness (QED) is 0.863. The van der Waals surface area contributed by atoms with Crippen molar-refractivity contribution in [2.75, 3.05) is 6.61 Å². The van der Waals surface area contributed by atoms with E-state index in [1.807, 2.05) is 4.68 Å². The highest BCUT2D eigenvalue weighted by atomic mass is 16.3. The number of ketones is 1. The van der Waals surface area contributed by atoms with Crippen molar-refractivity contribution < 1.29 is 9.90 Å². The Kier molecular flexibility index (Phi) is 3.62. The van der Waals surface area contributed by atoms with Gasteiger partial charge in [0.25, 0.3) is 0 Å². The number of aliphatic hydroxyl groups is 1. The minimum absolute atomic E-state index is 0.0728. The van der Waals surface area contributed by atoms with Gasteiger partial charge in [0.05, 0.1) is 24.4 Å². The lowest BCUT2D eigenvalue weighted by Crippen LogP contribution is -2.15. The molecule has 2 rings (SSSR count). The molecule has 0 aliphatic heterocycles. The van der Waals surface area contributed by atoms with Gasteiger partial charge in [0.15, 0.2) is 5.78 Å². The van der Waals surface area contributed by atoms with Crippen molar-refractivity contribution in [3.63, 3.8) is 0 Å². The van der Waals surface area contributed by atoms with Crippen molar-refractivity contribution in [1.29, 1.82) is 0 Å². The van der Waals surface area contributed by atoms with Gasteiger partial charge in [0, 0.05) is 12.1 Å². The molecule has 0 unspecified atom stereocenters. The van der Waals surface area contributed by atoms with Crippen molar-refractivity contribution in [1.82, 2.24) is 9.78 Å². The second-order valence-electron chi connectivity index (χ2n) is 5.09. The maximum Gasteiger partial charge on any atom is 0.166 e. The van der Waals surface area contributed by atoms with Gasteiger partial charge < -0.3 is 5.11 Å². The summed E-state index contributed by atoms with van der Waals surface area (Å²) in [4.78, 5) is 12.0. The fraction of sp³-hybridized carbons (Fsp3) is 0.692. The van der Waals surface area contributed by atoms with Crippen molar-refractivity contribution in [2.45, 2.75) is 46.1 Å². The predicted molar refractivity (Wildman–Crippen MR) is 65.1 cm³/mol. The maximum absolute atomic E-state index is 12.0. The first-order chi connectivity index (χ1) is 8.13. The molecule has 0 aromatic carbocycles. The summed E-state index contributed by atoms with van der Waals surface area (Å²) in [5.74, 6) is 0.720. The number of nitrogens with zero attached hydrogens (tertiary/aromatic N) is 2. The topological polar surface area (TPSA) is 55.1 Å². The lowest BCUT2D eigenvalue weighted by molar-refractivity contribution is 0.0970. The van der Waals surface area contributed by atoms with Crippen LogP contribution < -0.4 is 0 Å². The van der Waals surface area contributed by atoms with Crippen molar-refractivity contribution in [3.05, 3.63) is 17.0 Å². The molecular weight excluding hydrogens is 216 g/mol. The Bertz CT molecular complexity index is 421. The Morgan fingerprint density at radius 1 is 1.41 bits per heavy atom. The Balaban J connectivity index is 2.41. The van der Waals surface area contributed by atoms with Crippen LogP contribution in [0.2, 0.25) is 0 Å². The SMILES string of the molecule is CC(C)Cc1nn(CCO)c2c1C(=O)CCC2. The Morgan fingerprint density at radius 3 is 2.82 bits per heavy atom. The summed E-state index contributed by atoms with van der Waals surface area (Å²) in [7, 11) is 0. The molecule has 0 atom stereocenters. The van der Waals surface area contributed by atoms with E-state index >= 15 is 0 Å². The molecular formula is C13H20N2O2. The lowest BCUT2D eigenvalue weighted by Gasteiger charge is -2.13. The highest BCUT2D eigenvalue weighted by Crippen LogP contribution is 2.26. The summed E-state index contributed by atoms with van der Waals surface area (Å²) < 4.78 is 1.82. The molecule has 0 fully saturated rings. The molecule has 1 aromatic heterocycles. The lowest BCUT2D eigenvalue weighted by atomic mass is 9.92. The van der Waals surface area contributed by atoms with E-state index in [1.165, 1.54) is 0 Å². The van der Waals surface area contributed by atoms with E-state index in [2.05, 4.69) is 18.9 Å². The molecule has 0 bridgehead atoms. The smallest absolute Gasteiger partial charge is 0.166 e. The van der Waals surface area contributed by atoms with E-state index in [-0.39, 0.29) is 12.4 Å². The van der Waals surface area contributed by atoms with E-state index in [4.69, 9.17) is 5.11 Å². The molecule has 4 nitrogen and oxygen atoms in total. The van der Waals surface area contributed by atoms with Gasteiger partial charge in [-0.3, -0.25) is 9.48 Å². The van der Waals surface area contributed by atoms with Gasteiger partial charge in [-0.05, 0) is 25.2 Å². The highest BCUT2D eigenvalue weighted by Gasteiger charge is 2.26. The molecule has 0 saturated heterocycles. The Morgan fingerprint density at radius 2 is 2.18 bits per heavy atom. The number of aliphatic hydroxyl groups excluding tert-OH is 1. The third-order valence-corrected chi connectivity index (χ3v) is 3.14. The van der Waals surface area contributed by atoms with E-state index in [9.17, 15) is 4.79 Å². The monoisotopic (exact) mass is 236 g/mol. The maximum atomic E-state index is 12.0. The molecule has 1 N–H and O–H groups in total. The number of Topliss-reactive ketones (excluding diaryl/α,β-unsaturated/α-hetero) is 1. The molecule has 0 spiro atoms. The molecule has 4 heteroatoms. The molecule has 1 heterocycles. The highest BCUT2D eigenvalue weighted by molar-refractivity contribution is 5.99. The average Bonchev–Trinajstić information content (AvgIpc) is 2.58. The number of fused-ring (bicyclic) bond motifs is 1.